The van der Waals surface area contributed by atoms with Crippen molar-refractivity contribution in [3.05, 3.63) is 53.3 Å². The van der Waals surface area contributed by atoms with Gasteiger partial charge in [0.25, 0.3) is 0 Å². The minimum absolute atomic E-state index is 0.505. The quantitative estimate of drug-likeness (QED) is 0.910. The van der Waals surface area contributed by atoms with Crippen molar-refractivity contribution in [3.8, 4) is 11.5 Å². The fourth-order valence-electron chi connectivity index (χ4n) is 2.11. The van der Waals surface area contributed by atoms with Crippen LogP contribution in [0.15, 0.2) is 36.7 Å². The van der Waals surface area contributed by atoms with Gasteiger partial charge in [0, 0.05) is 18.8 Å². The molecule has 0 saturated heterocycles. The Bertz CT molecular complexity index is 584. The average Bonchev–Trinajstić information content (AvgIpc) is 2.47. The fourth-order valence-corrected chi connectivity index (χ4v) is 2.11. The SMILES string of the molecule is COc1ccc(CC(O)c2cncc(C)c2)cc1OC. The van der Waals surface area contributed by atoms with Crippen molar-refractivity contribution in [2.24, 2.45) is 0 Å². The van der Waals surface area contributed by atoms with E-state index >= 15 is 0 Å². The van der Waals surface area contributed by atoms with E-state index in [0.717, 1.165) is 16.7 Å². The summed E-state index contributed by atoms with van der Waals surface area (Å²) in [5.74, 6) is 1.35. The Morgan fingerprint density at radius 3 is 2.50 bits per heavy atom. The number of aryl methyl sites for hydroxylation is 1. The highest BCUT2D eigenvalue weighted by atomic mass is 16.5. The van der Waals surface area contributed by atoms with Crippen LogP contribution >= 0.6 is 0 Å². The lowest BCUT2D eigenvalue weighted by Crippen LogP contribution is -2.03. The number of aromatic nitrogens is 1. The predicted molar refractivity (Wildman–Crippen MR) is 77.2 cm³/mol. The summed E-state index contributed by atoms with van der Waals surface area (Å²) in [5.41, 5.74) is 2.84. The molecule has 20 heavy (non-hydrogen) atoms. The van der Waals surface area contributed by atoms with Gasteiger partial charge in [-0.15, -0.1) is 0 Å². The zero-order valence-electron chi connectivity index (χ0n) is 12.0. The van der Waals surface area contributed by atoms with Gasteiger partial charge in [-0.05, 0) is 35.7 Å². The molecule has 2 rings (SSSR count). The van der Waals surface area contributed by atoms with Crippen LogP contribution in [0.1, 0.15) is 22.8 Å². The molecule has 0 radical (unpaired) electrons. The van der Waals surface area contributed by atoms with Gasteiger partial charge in [-0.3, -0.25) is 4.98 Å². The van der Waals surface area contributed by atoms with Crippen molar-refractivity contribution in [2.75, 3.05) is 14.2 Å². The van der Waals surface area contributed by atoms with Crippen LogP contribution in [-0.2, 0) is 6.42 Å². The molecule has 1 N–H and O–H groups in total. The van der Waals surface area contributed by atoms with E-state index in [2.05, 4.69) is 4.98 Å². The second-order valence-electron chi connectivity index (χ2n) is 4.70. The lowest BCUT2D eigenvalue weighted by Gasteiger charge is -2.13. The number of aliphatic hydroxyl groups is 1. The highest BCUT2D eigenvalue weighted by Crippen LogP contribution is 2.29. The first kappa shape index (κ1) is 14.3. The molecule has 1 aromatic carbocycles. The van der Waals surface area contributed by atoms with Gasteiger partial charge in [0.2, 0.25) is 0 Å². The van der Waals surface area contributed by atoms with Crippen LogP contribution in [0, 0.1) is 6.92 Å². The Kier molecular flexibility index (Phi) is 4.58. The molecule has 0 spiro atoms. The number of benzene rings is 1. The first-order chi connectivity index (χ1) is 9.63. The third-order valence-corrected chi connectivity index (χ3v) is 3.16. The Morgan fingerprint density at radius 1 is 1.10 bits per heavy atom. The maximum Gasteiger partial charge on any atom is 0.160 e. The van der Waals surface area contributed by atoms with Crippen molar-refractivity contribution in [1.82, 2.24) is 4.98 Å². The monoisotopic (exact) mass is 273 g/mol. The molecule has 0 saturated carbocycles. The fraction of sp³-hybridized carbons (Fsp3) is 0.312. The highest BCUT2D eigenvalue weighted by molar-refractivity contribution is 5.43. The summed E-state index contributed by atoms with van der Waals surface area (Å²) in [7, 11) is 3.20. The molecule has 1 unspecified atom stereocenters. The standard InChI is InChI=1S/C16H19NO3/c1-11-6-13(10-17-9-11)14(18)7-12-4-5-15(19-2)16(8-12)20-3/h4-6,8-10,14,18H,7H2,1-3H3. The van der Waals surface area contributed by atoms with Gasteiger partial charge >= 0.3 is 0 Å². The maximum absolute atomic E-state index is 10.3. The van der Waals surface area contributed by atoms with Crippen LogP contribution in [0.4, 0.5) is 0 Å². The first-order valence-corrected chi connectivity index (χ1v) is 6.44. The molecule has 106 valence electrons. The molecule has 0 aliphatic carbocycles. The average molecular weight is 273 g/mol. The topological polar surface area (TPSA) is 51.6 Å². The van der Waals surface area contributed by atoms with Gasteiger partial charge in [0.05, 0.1) is 20.3 Å². The summed E-state index contributed by atoms with van der Waals surface area (Å²) in [6.45, 7) is 1.96. The molecule has 4 nitrogen and oxygen atoms in total. The summed E-state index contributed by atoms with van der Waals surface area (Å²) >= 11 is 0. The number of hydrogen-bond acceptors (Lipinski definition) is 4. The number of methoxy groups -OCH3 is 2. The van der Waals surface area contributed by atoms with Gasteiger partial charge in [-0.25, -0.2) is 0 Å². The van der Waals surface area contributed by atoms with Gasteiger partial charge < -0.3 is 14.6 Å². The predicted octanol–water partition coefficient (Wildman–Crippen LogP) is 2.68. The number of hydrogen-bond donors (Lipinski definition) is 1. The van der Waals surface area contributed by atoms with Crippen LogP contribution in [-0.4, -0.2) is 24.3 Å². The lowest BCUT2D eigenvalue weighted by molar-refractivity contribution is 0.178. The maximum atomic E-state index is 10.3. The third-order valence-electron chi connectivity index (χ3n) is 3.16. The molecule has 0 aliphatic rings. The summed E-state index contributed by atoms with van der Waals surface area (Å²) in [6.07, 6.45) is 3.39. The molecule has 2 aromatic rings. The van der Waals surface area contributed by atoms with E-state index in [1.807, 2.05) is 31.2 Å². The smallest absolute Gasteiger partial charge is 0.160 e. The number of pyridine rings is 1. The molecular formula is C16H19NO3. The van der Waals surface area contributed by atoms with Crippen LogP contribution in [0.25, 0.3) is 0 Å². The Morgan fingerprint density at radius 2 is 1.85 bits per heavy atom. The van der Waals surface area contributed by atoms with Crippen molar-refractivity contribution in [2.45, 2.75) is 19.4 Å². The summed E-state index contributed by atoms with van der Waals surface area (Å²) < 4.78 is 10.5. The molecule has 1 atom stereocenters. The Balaban J connectivity index is 2.17. The Labute approximate surface area is 119 Å². The second kappa shape index (κ2) is 6.39. The largest absolute Gasteiger partial charge is 0.493 e. The number of rotatable bonds is 5. The third kappa shape index (κ3) is 3.27. The van der Waals surface area contributed by atoms with E-state index < -0.39 is 6.10 Å². The first-order valence-electron chi connectivity index (χ1n) is 6.44. The van der Waals surface area contributed by atoms with Crippen LogP contribution < -0.4 is 9.47 Å². The molecule has 1 aromatic heterocycles. The van der Waals surface area contributed by atoms with Gasteiger partial charge in [-0.2, -0.15) is 0 Å². The zero-order valence-corrected chi connectivity index (χ0v) is 12.0. The van der Waals surface area contributed by atoms with Crippen molar-refractivity contribution in [3.63, 3.8) is 0 Å². The van der Waals surface area contributed by atoms with Gasteiger partial charge in [0.1, 0.15) is 0 Å². The minimum Gasteiger partial charge on any atom is -0.493 e. The van der Waals surface area contributed by atoms with Crippen LogP contribution in [0.2, 0.25) is 0 Å². The molecule has 1 heterocycles. The van der Waals surface area contributed by atoms with E-state index in [-0.39, 0.29) is 0 Å². The van der Waals surface area contributed by atoms with Gasteiger partial charge in [0.15, 0.2) is 11.5 Å². The number of aliphatic hydroxyl groups excluding tert-OH is 1. The molecule has 4 heteroatoms. The van der Waals surface area contributed by atoms with E-state index in [1.165, 1.54) is 0 Å². The summed E-state index contributed by atoms with van der Waals surface area (Å²) in [5, 5.41) is 10.3. The second-order valence-corrected chi connectivity index (χ2v) is 4.70. The lowest BCUT2D eigenvalue weighted by atomic mass is 10.0. The van der Waals surface area contributed by atoms with Crippen LogP contribution in [0.3, 0.4) is 0 Å². The van der Waals surface area contributed by atoms with Crippen LogP contribution in [0.5, 0.6) is 11.5 Å². The van der Waals surface area contributed by atoms with Crippen molar-refractivity contribution < 1.29 is 14.6 Å². The van der Waals surface area contributed by atoms with E-state index in [4.69, 9.17) is 9.47 Å². The van der Waals surface area contributed by atoms with E-state index in [9.17, 15) is 5.11 Å². The zero-order chi connectivity index (χ0) is 14.5. The van der Waals surface area contributed by atoms with Crippen molar-refractivity contribution in [1.29, 1.82) is 0 Å². The number of ether oxygens (including phenoxy) is 2. The van der Waals surface area contributed by atoms with E-state index in [0.29, 0.717) is 17.9 Å². The molecule has 0 amide bonds. The van der Waals surface area contributed by atoms with Crippen molar-refractivity contribution >= 4 is 0 Å². The van der Waals surface area contributed by atoms with Gasteiger partial charge in [-0.1, -0.05) is 12.1 Å². The number of nitrogens with zero attached hydrogens (tertiary/aromatic N) is 1. The van der Waals surface area contributed by atoms with E-state index in [1.54, 1.807) is 26.6 Å². The molecule has 0 aliphatic heterocycles. The normalized spacial score (nSPS) is 12.0. The summed E-state index contributed by atoms with van der Waals surface area (Å²) in [6, 6.07) is 7.59. The molecule has 0 fully saturated rings. The molecule has 0 bridgehead atoms. The molecular weight excluding hydrogens is 254 g/mol. The Hall–Kier alpha value is -2.07. The highest BCUT2D eigenvalue weighted by Gasteiger charge is 2.11. The minimum atomic E-state index is -0.583. The summed E-state index contributed by atoms with van der Waals surface area (Å²) in [4.78, 5) is 4.10.